The molecule has 0 spiro atoms. The molecule has 0 aliphatic rings. The van der Waals surface area contributed by atoms with Crippen LogP contribution in [0.15, 0.2) is 34.1 Å². The number of phenols is 1. The maximum absolute atomic E-state index is 11.6. The van der Waals surface area contributed by atoms with E-state index in [-0.39, 0.29) is 21.5 Å². The van der Waals surface area contributed by atoms with E-state index in [9.17, 15) is 9.90 Å². The topological polar surface area (TPSA) is 72.5 Å². The average molecular weight is 490 g/mol. The fourth-order valence-corrected chi connectivity index (χ4v) is 6.39. The molecule has 2 aromatic rings. The Bertz CT molecular complexity index is 973. The van der Waals surface area contributed by atoms with Gasteiger partial charge in [0.2, 0.25) is 0 Å². The summed E-state index contributed by atoms with van der Waals surface area (Å²) in [6.45, 7) is 21.0. The van der Waals surface area contributed by atoms with Gasteiger partial charge in [-0.15, -0.1) is 23.5 Å². The van der Waals surface area contributed by atoms with Crippen molar-refractivity contribution in [1.29, 1.82) is 0 Å². The normalized spacial score (nSPS) is 12.7. The summed E-state index contributed by atoms with van der Waals surface area (Å²) in [6.07, 6.45) is 0. The average Bonchev–Trinajstić information content (AvgIpc) is 2.63. The van der Waals surface area contributed by atoms with Crippen LogP contribution in [0.25, 0.3) is 0 Å². The molecule has 0 radical (unpaired) electrons. The van der Waals surface area contributed by atoms with Crippen molar-refractivity contribution >= 4 is 29.5 Å². The van der Waals surface area contributed by atoms with Gasteiger partial charge in [-0.2, -0.15) is 0 Å². The molecule has 0 aromatic heterocycles. The molecule has 0 unspecified atom stereocenters. The van der Waals surface area contributed by atoms with E-state index in [1.165, 1.54) is 0 Å². The second kappa shape index (κ2) is 9.93. The minimum Gasteiger partial charge on any atom is -0.507 e. The van der Waals surface area contributed by atoms with Gasteiger partial charge in [0.05, 0.1) is 10.6 Å². The predicted octanol–water partition coefficient (Wildman–Crippen LogP) is 7.09. The Hall–Kier alpha value is -1.63. The van der Waals surface area contributed by atoms with Crippen molar-refractivity contribution in [2.45, 2.75) is 93.9 Å². The van der Waals surface area contributed by atoms with Crippen LogP contribution in [-0.4, -0.2) is 21.7 Å². The van der Waals surface area contributed by atoms with Gasteiger partial charge in [-0.25, -0.2) is 0 Å². The number of ether oxygens (including phenoxy) is 1. The highest BCUT2D eigenvalue weighted by atomic mass is 32.2. The first-order chi connectivity index (χ1) is 14.9. The highest BCUT2D eigenvalue weighted by Gasteiger charge is 2.29. The van der Waals surface area contributed by atoms with Crippen molar-refractivity contribution in [1.82, 2.24) is 0 Å². The molecule has 3 N–H and O–H groups in total. The van der Waals surface area contributed by atoms with Crippen LogP contribution in [-0.2, 0) is 15.6 Å². The van der Waals surface area contributed by atoms with Crippen molar-refractivity contribution in [3.63, 3.8) is 0 Å². The van der Waals surface area contributed by atoms with Crippen LogP contribution in [0, 0.1) is 13.8 Å². The Morgan fingerprint density at radius 1 is 0.848 bits per heavy atom. The van der Waals surface area contributed by atoms with E-state index in [2.05, 4.69) is 79.7 Å². The third-order valence-corrected chi connectivity index (χ3v) is 7.67. The molecule has 2 rings (SSSR count). The molecule has 4 nitrogen and oxygen atoms in total. The molecule has 0 saturated heterocycles. The summed E-state index contributed by atoms with van der Waals surface area (Å²) in [7, 11) is 0. The Morgan fingerprint density at radius 3 is 1.61 bits per heavy atom. The molecule has 0 heterocycles. The van der Waals surface area contributed by atoms with E-state index in [0.29, 0.717) is 11.5 Å². The SMILES string of the molecule is Cc1cc(SC(C)(C)Sc2cc(C(C)(C)C)c(O)c(C(C)(C)C)c2)cc(C)c1OC(=O)CN. The van der Waals surface area contributed by atoms with Gasteiger partial charge in [0.25, 0.3) is 0 Å². The lowest BCUT2D eigenvalue weighted by molar-refractivity contribution is -0.132. The van der Waals surface area contributed by atoms with E-state index in [4.69, 9.17) is 10.5 Å². The highest BCUT2D eigenvalue weighted by Crippen LogP contribution is 2.49. The maximum Gasteiger partial charge on any atom is 0.325 e. The second-order valence-electron chi connectivity index (χ2n) is 11.0. The predicted molar refractivity (Wildman–Crippen MR) is 142 cm³/mol. The van der Waals surface area contributed by atoms with E-state index < -0.39 is 5.97 Å². The van der Waals surface area contributed by atoms with Crippen molar-refractivity contribution in [2.75, 3.05) is 6.54 Å². The summed E-state index contributed by atoms with van der Waals surface area (Å²) in [5.41, 5.74) is 8.83. The van der Waals surface area contributed by atoms with Gasteiger partial charge in [-0.3, -0.25) is 4.79 Å². The summed E-state index contributed by atoms with van der Waals surface area (Å²) in [6, 6.07) is 8.36. The lowest BCUT2D eigenvalue weighted by atomic mass is 9.79. The van der Waals surface area contributed by atoms with Gasteiger partial charge < -0.3 is 15.6 Å². The number of nitrogens with two attached hydrogens (primary N) is 1. The fraction of sp³-hybridized carbons (Fsp3) is 0.519. The van der Waals surface area contributed by atoms with Gasteiger partial charge in [-0.1, -0.05) is 41.5 Å². The zero-order chi connectivity index (χ0) is 25.4. The molecule has 0 fully saturated rings. The van der Waals surface area contributed by atoms with Crippen molar-refractivity contribution in [3.05, 3.63) is 46.5 Å². The quantitative estimate of drug-likeness (QED) is 0.195. The number of hydrogen-bond acceptors (Lipinski definition) is 6. The summed E-state index contributed by atoms with van der Waals surface area (Å²) >= 11 is 3.56. The lowest BCUT2D eigenvalue weighted by Gasteiger charge is -2.30. The van der Waals surface area contributed by atoms with Crippen LogP contribution in [0.3, 0.4) is 0 Å². The van der Waals surface area contributed by atoms with Gasteiger partial charge in [0.15, 0.2) is 0 Å². The smallest absolute Gasteiger partial charge is 0.325 e. The summed E-state index contributed by atoms with van der Waals surface area (Å²) in [5.74, 6) is 0.552. The first-order valence-electron chi connectivity index (χ1n) is 11.2. The molecular formula is C27H39NO3S2. The monoisotopic (exact) mass is 489 g/mol. The van der Waals surface area contributed by atoms with Gasteiger partial charge in [0, 0.05) is 20.9 Å². The molecule has 0 saturated carbocycles. The third-order valence-electron chi connectivity index (χ3n) is 5.24. The van der Waals surface area contributed by atoms with Crippen LogP contribution < -0.4 is 10.5 Å². The van der Waals surface area contributed by atoms with Crippen LogP contribution >= 0.6 is 23.5 Å². The van der Waals surface area contributed by atoms with Crippen LogP contribution in [0.1, 0.15) is 77.6 Å². The molecule has 0 amide bonds. The molecule has 0 bridgehead atoms. The Labute approximate surface area is 208 Å². The number of carbonyl (C=O) groups excluding carboxylic acids is 1. The number of aromatic hydroxyl groups is 1. The van der Waals surface area contributed by atoms with Gasteiger partial charge >= 0.3 is 5.97 Å². The summed E-state index contributed by atoms with van der Waals surface area (Å²) in [5, 5.41) is 11.0. The van der Waals surface area contributed by atoms with Crippen molar-refractivity contribution in [2.24, 2.45) is 5.73 Å². The van der Waals surface area contributed by atoms with Crippen LogP contribution in [0.4, 0.5) is 0 Å². The number of carbonyl (C=O) groups is 1. The number of esters is 1. The zero-order valence-corrected chi connectivity index (χ0v) is 23.3. The van der Waals surface area contributed by atoms with E-state index >= 15 is 0 Å². The number of phenolic OH excluding ortho intramolecular Hbond substituents is 1. The second-order valence-corrected chi connectivity index (χ2v) is 14.7. The van der Waals surface area contributed by atoms with Crippen LogP contribution in [0.5, 0.6) is 11.5 Å². The zero-order valence-electron chi connectivity index (χ0n) is 21.7. The minimum atomic E-state index is -0.436. The van der Waals surface area contributed by atoms with Crippen molar-refractivity contribution < 1.29 is 14.6 Å². The molecule has 0 atom stereocenters. The summed E-state index contributed by atoms with van der Waals surface area (Å²) in [4.78, 5) is 13.9. The fourth-order valence-electron chi connectivity index (χ4n) is 3.68. The number of thioether (sulfide) groups is 2. The van der Waals surface area contributed by atoms with Gasteiger partial charge in [0.1, 0.15) is 11.5 Å². The Kier molecular flexibility index (Phi) is 8.31. The number of hydrogen-bond donors (Lipinski definition) is 2. The largest absolute Gasteiger partial charge is 0.507 e. The molecule has 6 heteroatoms. The number of aryl methyl sites for hydroxylation is 2. The Morgan fingerprint density at radius 2 is 1.24 bits per heavy atom. The number of benzene rings is 2. The van der Waals surface area contributed by atoms with Gasteiger partial charge in [-0.05, 0) is 73.9 Å². The third kappa shape index (κ3) is 7.17. The molecule has 2 aromatic carbocycles. The molecule has 0 aliphatic heterocycles. The maximum atomic E-state index is 11.6. The van der Waals surface area contributed by atoms with E-state index in [1.54, 1.807) is 23.5 Å². The standard InChI is InChI=1S/C27H39NO3S2/c1-16-11-18(12-17(2)24(16)31-22(29)15-28)32-27(9,10)33-19-13-20(25(3,4)5)23(30)21(14-19)26(6,7)8/h11-14,30H,15,28H2,1-10H3. The molecule has 33 heavy (non-hydrogen) atoms. The number of rotatable bonds is 6. The highest BCUT2D eigenvalue weighted by molar-refractivity contribution is 8.18. The molecule has 182 valence electrons. The first-order valence-corrected chi connectivity index (χ1v) is 12.9. The Balaban J connectivity index is 2.39. The lowest BCUT2D eigenvalue weighted by Crippen LogP contribution is -2.20. The summed E-state index contributed by atoms with van der Waals surface area (Å²) < 4.78 is 5.23. The molecule has 0 aliphatic carbocycles. The van der Waals surface area contributed by atoms with E-state index in [0.717, 1.165) is 32.0 Å². The first kappa shape index (κ1) is 27.6. The van der Waals surface area contributed by atoms with E-state index in [1.807, 2.05) is 13.8 Å². The molecular weight excluding hydrogens is 450 g/mol. The minimum absolute atomic E-state index is 0.140. The van der Waals surface area contributed by atoms with Crippen LogP contribution in [0.2, 0.25) is 0 Å². The van der Waals surface area contributed by atoms with Crippen molar-refractivity contribution in [3.8, 4) is 11.5 Å².